The molecule has 0 radical (unpaired) electrons. The van der Waals surface area contributed by atoms with E-state index in [-0.39, 0.29) is 0 Å². The Balaban J connectivity index is 2.54. The first kappa shape index (κ1) is 13.0. The molecule has 6 nitrogen and oxygen atoms in total. The van der Waals surface area contributed by atoms with Crippen molar-refractivity contribution < 1.29 is 14.2 Å². The van der Waals surface area contributed by atoms with Gasteiger partial charge in [0.2, 0.25) is 0 Å². The predicted octanol–water partition coefficient (Wildman–Crippen LogP) is 2.78. The zero-order valence-corrected chi connectivity index (χ0v) is 9.92. The van der Waals surface area contributed by atoms with E-state index in [1.807, 2.05) is 0 Å². The van der Waals surface area contributed by atoms with Crippen LogP contribution in [-0.4, -0.2) is 27.4 Å². The van der Waals surface area contributed by atoms with Crippen molar-refractivity contribution in [1.29, 1.82) is 0 Å². The zero-order valence-electron chi connectivity index (χ0n) is 9.92. The fourth-order valence-electron chi connectivity index (χ4n) is 1.23. The highest BCUT2D eigenvalue weighted by Gasteiger charge is 2.02. The molecule has 0 aliphatic rings. The van der Waals surface area contributed by atoms with Crippen molar-refractivity contribution >= 4 is 0 Å². The van der Waals surface area contributed by atoms with Crippen molar-refractivity contribution in [2.24, 2.45) is 5.11 Å². The van der Waals surface area contributed by atoms with Crippen molar-refractivity contribution in [2.45, 2.75) is 6.42 Å². The van der Waals surface area contributed by atoms with Crippen LogP contribution >= 0.6 is 0 Å². The summed E-state index contributed by atoms with van der Waals surface area (Å²) in [7, 11) is 3.17. The fourth-order valence-corrected chi connectivity index (χ4v) is 1.23. The van der Waals surface area contributed by atoms with Gasteiger partial charge in [-0.15, -0.1) is 0 Å². The second kappa shape index (κ2) is 7.24. The molecule has 0 saturated carbocycles. The molecule has 0 spiro atoms. The molecule has 0 bridgehead atoms. The summed E-state index contributed by atoms with van der Waals surface area (Å²) in [6.07, 6.45) is 0.670. The van der Waals surface area contributed by atoms with Crippen LogP contribution in [0.2, 0.25) is 0 Å². The summed E-state index contributed by atoms with van der Waals surface area (Å²) in [5.41, 5.74) is 8.10. The average Bonchev–Trinajstić information content (AvgIpc) is 2.38. The Labute approximate surface area is 99.7 Å². The molecule has 0 aliphatic heterocycles. The Morgan fingerprint density at radius 1 is 1.12 bits per heavy atom. The minimum Gasteiger partial charge on any atom is -0.496 e. The van der Waals surface area contributed by atoms with Crippen LogP contribution in [0.3, 0.4) is 0 Å². The normalized spacial score (nSPS) is 9.29. The molecule has 6 heteroatoms. The smallest absolute Gasteiger partial charge is 0.126 e. The Morgan fingerprint density at radius 3 is 2.24 bits per heavy atom. The molecule has 1 aromatic rings. The lowest BCUT2D eigenvalue weighted by Crippen LogP contribution is -1.99. The van der Waals surface area contributed by atoms with Gasteiger partial charge in [-0.3, -0.25) is 0 Å². The third-order valence-electron chi connectivity index (χ3n) is 2.06. The average molecular weight is 237 g/mol. The molecule has 0 N–H and O–H groups in total. The van der Waals surface area contributed by atoms with Gasteiger partial charge in [-0.05, 0) is 12.0 Å². The van der Waals surface area contributed by atoms with E-state index < -0.39 is 0 Å². The Kier molecular flexibility index (Phi) is 5.54. The number of benzene rings is 1. The summed E-state index contributed by atoms with van der Waals surface area (Å²) >= 11 is 0. The topological polar surface area (TPSA) is 76.5 Å². The lowest BCUT2D eigenvalue weighted by molar-refractivity contribution is 0.307. The summed E-state index contributed by atoms with van der Waals surface area (Å²) in [4.78, 5) is 2.66. The van der Waals surface area contributed by atoms with E-state index in [0.717, 1.165) is 0 Å². The number of ether oxygens (including phenoxy) is 3. The van der Waals surface area contributed by atoms with Gasteiger partial charge in [0.05, 0.1) is 20.8 Å². The van der Waals surface area contributed by atoms with E-state index in [0.29, 0.717) is 36.8 Å². The highest BCUT2D eigenvalue weighted by Crippen LogP contribution is 2.27. The van der Waals surface area contributed by atoms with Crippen LogP contribution in [0.4, 0.5) is 0 Å². The number of hydrogen-bond donors (Lipinski definition) is 0. The van der Waals surface area contributed by atoms with Gasteiger partial charge in [0.25, 0.3) is 0 Å². The monoisotopic (exact) mass is 237 g/mol. The van der Waals surface area contributed by atoms with Crippen LogP contribution in [-0.2, 0) is 0 Å². The standard InChI is InChI=1S/C11H15N3O3/c1-15-9-6-10(16-2)8-11(7-9)17-5-3-4-13-14-12/h6-8H,3-5H2,1-2H3. The lowest BCUT2D eigenvalue weighted by Gasteiger charge is -2.09. The number of rotatable bonds is 7. The van der Waals surface area contributed by atoms with E-state index in [9.17, 15) is 0 Å². The third kappa shape index (κ3) is 4.53. The van der Waals surface area contributed by atoms with E-state index in [4.69, 9.17) is 19.7 Å². The first-order valence-electron chi connectivity index (χ1n) is 5.17. The van der Waals surface area contributed by atoms with Crippen molar-refractivity contribution in [3.63, 3.8) is 0 Å². The molecule has 0 unspecified atom stereocenters. The largest absolute Gasteiger partial charge is 0.496 e. The molecular weight excluding hydrogens is 222 g/mol. The molecular formula is C11H15N3O3. The number of hydrogen-bond acceptors (Lipinski definition) is 4. The van der Waals surface area contributed by atoms with E-state index >= 15 is 0 Å². The van der Waals surface area contributed by atoms with E-state index in [2.05, 4.69) is 10.0 Å². The molecule has 0 atom stereocenters. The molecule has 17 heavy (non-hydrogen) atoms. The van der Waals surface area contributed by atoms with Gasteiger partial charge >= 0.3 is 0 Å². The Morgan fingerprint density at radius 2 is 1.71 bits per heavy atom. The van der Waals surface area contributed by atoms with Crippen molar-refractivity contribution in [1.82, 2.24) is 0 Å². The quantitative estimate of drug-likeness (QED) is 0.316. The number of nitrogens with zero attached hydrogens (tertiary/aromatic N) is 3. The van der Waals surface area contributed by atoms with Crippen LogP contribution in [0.25, 0.3) is 10.4 Å². The van der Waals surface area contributed by atoms with Crippen LogP contribution < -0.4 is 14.2 Å². The summed E-state index contributed by atoms with van der Waals surface area (Å²) < 4.78 is 15.7. The summed E-state index contributed by atoms with van der Waals surface area (Å²) in [5, 5.41) is 3.42. The maximum atomic E-state index is 8.10. The third-order valence-corrected chi connectivity index (χ3v) is 2.06. The molecule has 0 amide bonds. The van der Waals surface area contributed by atoms with Gasteiger partial charge < -0.3 is 14.2 Å². The summed E-state index contributed by atoms with van der Waals surface area (Å²) in [6.45, 7) is 0.910. The second-order valence-electron chi connectivity index (χ2n) is 3.20. The first-order valence-corrected chi connectivity index (χ1v) is 5.17. The van der Waals surface area contributed by atoms with Crippen LogP contribution in [0.15, 0.2) is 23.3 Å². The molecule has 0 saturated heterocycles. The minimum absolute atomic E-state index is 0.428. The van der Waals surface area contributed by atoms with E-state index in [1.54, 1.807) is 32.4 Å². The van der Waals surface area contributed by atoms with Crippen LogP contribution in [0.5, 0.6) is 17.2 Å². The highest BCUT2D eigenvalue weighted by atomic mass is 16.5. The van der Waals surface area contributed by atoms with Crippen LogP contribution in [0.1, 0.15) is 6.42 Å². The molecule has 0 aromatic heterocycles. The molecule has 0 fully saturated rings. The molecule has 0 heterocycles. The Hall–Kier alpha value is -2.07. The fraction of sp³-hybridized carbons (Fsp3) is 0.455. The van der Waals surface area contributed by atoms with Gasteiger partial charge in [0, 0.05) is 29.7 Å². The molecule has 1 rings (SSSR count). The second-order valence-corrected chi connectivity index (χ2v) is 3.20. The summed E-state index contributed by atoms with van der Waals surface area (Å²) in [5.74, 6) is 2.02. The van der Waals surface area contributed by atoms with E-state index in [1.165, 1.54) is 0 Å². The van der Waals surface area contributed by atoms with Gasteiger partial charge in [-0.25, -0.2) is 0 Å². The lowest BCUT2D eigenvalue weighted by atomic mass is 10.3. The van der Waals surface area contributed by atoms with Crippen molar-refractivity contribution in [3.05, 3.63) is 28.6 Å². The number of methoxy groups -OCH3 is 2. The number of azide groups is 1. The maximum absolute atomic E-state index is 8.10. The molecule has 92 valence electrons. The summed E-state index contributed by atoms with van der Waals surface area (Å²) in [6, 6.07) is 5.32. The maximum Gasteiger partial charge on any atom is 0.126 e. The van der Waals surface area contributed by atoms with Gasteiger partial charge in [-0.2, -0.15) is 0 Å². The Bertz CT molecular complexity index is 381. The van der Waals surface area contributed by atoms with Crippen molar-refractivity contribution in [3.8, 4) is 17.2 Å². The highest BCUT2D eigenvalue weighted by molar-refractivity contribution is 5.41. The first-order chi connectivity index (χ1) is 8.30. The van der Waals surface area contributed by atoms with Gasteiger partial charge in [-0.1, -0.05) is 5.11 Å². The minimum atomic E-state index is 0.428. The zero-order chi connectivity index (χ0) is 12.5. The predicted molar refractivity (Wildman–Crippen MR) is 63.7 cm³/mol. The molecule has 1 aromatic carbocycles. The van der Waals surface area contributed by atoms with Crippen molar-refractivity contribution in [2.75, 3.05) is 27.4 Å². The molecule has 0 aliphatic carbocycles. The SMILES string of the molecule is COc1cc(OC)cc(OCCCN=[N+]=[N-])c1. The van der Waals surface area contributed by atoms with Crippen LogP contribution in [0, 0.1) is 0 Å². The van der Waals surface area contributed by atoms with Gasteiger partial charge in [0.15, 0.2) is 0 Å². The van der Waals surface area contributed by atoms with Gasteiger partial charge in [0.1, 0.15) is 17.2 Å².